The zero-order valence-electron chi connectivity index (χ0n) is 12.7. The summed E-state index contributed by atoms with van der Waals surface area (Å²) >= 11 is 0. The molecule has 1 saturated heterocycles. The molecule has 0 aromatic heterocycles. The topological polar surface area (TPSA) is 49.4 Å². The van der Waals surface area contributed by atoms with E-state index in [2.05, 4.69) is 5.32 Å². The molecular formula is C15H21ClF2N2O2S. The van der Waals surface area contributed by atoms with Gasteiger partial charge in [0, 0.05) is 19.1 Å². The van der Waals surface area contributed by atoms with E-state index in [1.54, 1.807) is 0 Å². The Morgan fingerprint density at radius 3 is 2.39 bits per heavy atom. The summed E-state index contributed by atoms with van der Waals surface area (Å²) in [7, 11) is -3.97. The van der Waals surface area contributed by atoms with Gasteiger partial charge >= 0.3 is 0 Å². The van der Waals surface area contributed by atoms with Gasteiger partial charge in [0.25, 0.3) is 0 Å². The molecule has 0 radical (unpaired) electrons. The minimum Gasteiger partial charge on any atom is -0.314 e. The lowest BCUT2D eigenvalue weighted by atomic mass is 10.1. The highest BCUT2D eigenvalue weighted by molar-refractivity contribution is 7.89. The Kier molecular flexibility index (Phi) is 5.99. The largest absolute Gasteiger partial charge is 0.314 e. The van der Waals surface area contributed by atoms with Crippen molar-refractivity contribution in [2.45, 2.75) is 36.6 Å². The van der Waals surface area contributed by atoms with E-state index >= 15 is 0 Å². The van der Waals surface area contributed by atoms with E-state index in [1.807, 2.05) is 0 Å². The molecule has 0 atom stereocenters. The van der Waals surface area contributed by atoms with Crippen LogP contribution in [0.1, 0.15) is 25.7 Å². The Labute approximate surface area is 141 Å². The summed E-state index contributed by atoms with van der Waals surface area (Å²) in [5.74, 6) is -1.65. The molecule has 1 aromatic rings. The highest BCUT2D eigenvalue weighted by Gasteiger charge is 2.32. The van der Waals surface area contributed by atoms with Gasteiger partial charge < -0.3 is 5.32 Å². The van der Waals surface area contributed by atoms with Gasteiger partial charge in [-0.3, -0.25) is 0 Å². The molecule has 0 amide bonds. The number of nitrogens with zero attached hydrogens (tertiary/aromatic N) is 1. The average molecular weight is 367 g/mol. The van der Waals surface area contributed by atoms with E-state index in [1.165, 1.54) is 23.2 Å². The van der Waals surface area contributed by atoms with Crippen LogP contribution in [0.5, 0.6) is 0 Å². The van der Waals surface area contributed by atoms with E-state index in [9.17, 15) is 17.2 Å². The SMILES string of the molecule is Cl.O=S(=O)(c1cccc(F)c1F)N1CCC(NCC2CC2)CC1. The molecule has 1 saturated carbocycles. The summed E-state index contributed by atoms with van der Waals surface area (Å²) in [6.45, 7) is 1.66. The number of rotatable bonds is 5. The van der Waals surface area contributed by atoms with Gasteiger partial charge in [0.05, 0.1) is 0 Å². The minimum atomic E-state index is -3.97. The number of halogens is 3. The van der Waals surface area contributed by atoms with Crippen LogP contribution >= 0.6 is 12.4 Å². The second kappa shape index (κ2) is 7.42. The maximum atomic E-state index is 13.8. The van der Waals surface area contributed by atoms with Crippen LogP contribution in [-0.4, -0.2) is 38.4 Å². The highest BCUT2D eigenvalue weighted by atomic mass is 35.5. The zero-order valence-corrected chi connectivity index (χ0v) is 14.3. The van der Waals surface area contributed by atoms with Crippen LogP contribution in [0.4, 0.5) is 8.78 Å². The molecule has 1 heterocycles. The summed E-state index contributed by atoms with van der Waals surface area (Å²) in [5.41, 5.74) is 0. The molecule has 3 rings (SSSR count). The molecule has 8 heteroatoms. The van der Waals surface area contributed by atoms with Gasteiger partial charge in [-0.25, -0.2) is 17.2 Å². The van der Waals surface area contributed by atoms with E-state index in [-0.39, 0.29) is 12.4 Å². The number of benzene rings is 1. The maximum Gasteiger partial charge on any atom is 0.246 e. The molecule has 4 nitrogen and oxygen atoms in total. The van der Waals surface area contributed by atoms with Gasteiger partial charge in [0.15, 0.2) is 11.6 Å². The average Bonchev–Trinajstić information content (AvgIpc) is 3.32. The number of hydrogen-bond acceptors (Lipinski definition) is 3. The van der Waals surface area contributed by atoms with Crippen LogP contribution in [0.15, 0.2) is 23.1 Å². The number of piperidine rings is 1. The lowest BCUT2D eigenvalue weighted by Gasteiger charge is -2.31. The van der Waals surface area contributed by atoms with Crippen molar-refractivity contribution in [1.29, 1.82) is 0 Å². The number of nitrogens with one attached hydrogen (secondary N) is 1. The number of sulfonamides is 1. The predicted molar refractivity (Wildman–Crippen MR) is 86.1 cm³/mol. The first-order valence-electron chi connectivity index (χ1n) is 7.66. The van der Waals surface area contributed by atoms with Gasteiger partial charge in [-0.1, -0.05) is 6.07 Å². The normalized spacial score (nSPS) is 20.3. The molecule has 0 unspecified atom stereocenters. The Morgan fingerprint density at radius 1 is 1.13 bits per heavy atom. The van der Waals surface area contributed by atoms with Crippen LogP contribution in [0.2, 0.25) is 0 Å². The van der Waals surface area contributed by atoms with E-state index in [0.29, 0.717) is 32.0 Å². The van der Waals surface area contributed by atoms with Crippen molar-refractivity contribution in [3.63, 3.8) is 0 Å². The molecule has 0 spiro atoms. The maximum absolute atomic E-state index is 13.8. The second-order valence-corrected chi connectivity index (χ2v) is 7.99. The monoisotopic (exact) mass is 366 g/mol. The van der Waals surface area contributed by atoms with Crippen molar-refractivity contribution in [1.82, 2.24) is 9.62 Å². The standard InChI is InChI=1S/C15H20F2N2O2S.ClH/c16-13-2-1-3-14(15(13)17)22(20,21)19-8-6-12(7-9-19)18-10-11-4-5-11;/h1-3,11-12,18H,4-10H2;1H. The van der Waals surface area contributed by atoms with Gasteiger partial charge in [-0.15, -0.1) is 12.4 Å². The summed E-state index contributed by atoms with van der Waals surface area (Å²) < 4.78 is 53.1. The summed E-state index contributed by atoms with van der Waals surface area (Å²) in [6.07, 6.45) is 3.95. The highest BCUT2D eigenvalue weighted by Crippen LogP contribution is 2.28. The molecule has 1 aromatic carbocycles. The molecule has 1 N–H and O–H groups in total. The van der Waals surface area contributed by atoms with E-state index in [0.717, 1.165) is 24.6 Å². The molecule has 1 aliphatic heterocycles. The van der Waals surface area contributed by atoms with Crippen LogP contribution in [0.25, 0.3) is 0 Å². The number of hydrogen-bond donors (Lipinski definition) is 1. The Balaban J connectivity index is 0.00000192. The summed E-state index contributed by atoms with van der Waals surface area (Å²) in [5, 5.41) is 3.46. The van der Waals surface area contributed by atoms with Crippen LogP contribution in [0, 0.1) is 17.6 Å². The third-order valence-electron chi connectivity index (χ3n) is 4.38. The Hall–Kier alpha value is -0.760. The van der Waals surface area contributed by atoms with Crippen molar-refractivity contribution >= 4 is 22.4 Å². The summed E-state index contributed by atoms with van der Waals surface area (Å²) in [6, 6.07) is 3.56. The Morgan fingerprint density at radius 2 is 1.78 bits per heavy atom. The quantitative estimate of drug-likeness (QED) is 0.871. The fourth-order valence-electron chi connectivity index (χ4n) is 2.78. The van der Waals surface area contributed by atoms with Crippen molar-refractivity contribution in [2.75, 3.05) is 19.6 Å². The fraction of sp³-hybridized carbons (Fsp3) is 0.600. The van der Waals surface area contributed by atoms with Gasteiger partial charge in [0.1, 0.15) is 4.90 Å². The van der Waals surface area contributed by atoms with E-state index < -0.39 is 26.6 Å². The molecule has 0 bridgehead atoms. The van der Waals surface area contributed by atoms with E-state index in [4.69, 9.17) is 0 Å². The van der Waals surface area contributed by atoms with Crippen molar-refractivity contribution in [3.8, 4) is 0 Å². The minimum absolute atomic E-state index is 0. The van der Waals surface area contributed by atoms with Crippen LogP contribution in [0.3, 0.4) is 0 Å². The summed E-state index contributed by atoms with van der Waals surface area (Å²) in [4.78, 5) is -0.572. The van der Waals surface area contributed by atoms with Gasteiger partial charge in [-0.2, -0.15) is 4.31 Å². The van der Waals surface area contributed by atoms with Crippen molar-refractivity contribution in [3.05, 3.63) is 29.8 Å². The lowest BCUT2D eigenvalue weighted by Crippen LogP contribution is -2.45. The molecule has 130 valence electrons. The van der Waals surface area contributed by atoms with Crippen LogP contribution in [-0.2, 0) is 10.0 Å². The van der Waals surface area contributed by atoms with Crippen LogP contribution < -0.4 is 5.32 Å². The smallest absolute Gasteiger partial charge is 0.246 e. The molecule has 1 aliphatic carbocycles. The second-order valence-electron chi connectivity index (χ2n) is 6.08. The van der Waals surface area contributed by atoms with Gasteiger partial charge in [-0.05, 0) is 50.3 Å². The molecular weight excluding hydrogens is 346 g/mol. The van der Waals surface area contributed by atoms with Gasteiger partial charge in [0.2, 0.25) is 10.0 Å². The first-order chi connectivity index (χ1) is 10.5. The first kappa shape index (κ1) is 18.6. The van der Waals surface area contributed by atoms with Crippen molar-refractivity contribution in [2.24, 2.45) is 5.92 Å². The first-order valence-corrected chi connectivity index (χ1v) is 9.10. The van der Waals surface area contributed by atoms with Crippen molar-refractivity contribution < 1.29 is 17.2 Å². The predicted octanol–water partition coefficient (Wildman–Crippen LogP) is 2.54. The molecule has 2 fully saturated rings. The Bertz CT molecular complexity index is 645. The third kappa shape index (κ3) is 4.21. The zero-order chi connectivity index (χ0) is 15.7. The lowest BCUT2D eigenvalue weighted by molar-refractivity contribution is 0.287. The molecule has 23 heavy (non-hydrogen) atoms. The molecule has 2 aliphatic rings. The fourth-order valence-corrected chi connectivity index (χ4v) is 4.32. The third-order valence-corrected chi connectivity index (χ3v) is 6.30.